The SMILES string of the molecule is CCC(O)(CC)CNC(=O)c1nc(-c2ccccc2)oc1C1CC1. The number of carbonyl (C=O) groups is 1. The molecule has 0 spiro atoms. The highest BCUT2D eigenvalue weighted by atomic mass is 16.4. The van der Waals surface area contributed by atoms with Crippen molar-refractivity contribution in [3.63, 3.8) is 0 Å². The minimum atomic E-state index is -0.874. The smallest absolute Gasteiger partial charge is 0.273 e. The molecular weight excluding hydrogens is 304 g/mol. The van der Waals surface area contributed by atoms with Crippen LogP contribution in [0.5, 0.6) is 0 Å². The number of carbonyl (C=O) groups excluding carboxylic acids is 1. The molecule has 1 amide bonds. The Morgan fingerprint density at radius 2 is 1.96 bits per heavy atom. The number of benzene rings is 1. The molecule has 3 rings (SSSR count). The summed E-state index contributed by atoms with van der Waals surface area (Å²) >= 11 is 0. The van der Waals surface area contributed by atoms with Crippen LogP contribution in [-0.2, 0) is 0 Å². The molecule has 128 valence electrons. The summed E-state index contributed by atoms with van der Waals surface area (Å²) in [5, 5.41) is 13.2. The van der Waals surface area contributed by atoms with Crippen molar-refractivity contribution in [2.45, 2.75) is 51.0 Å². The van der Waals surface area contributed by atoms with E-state index in [1.807, 2.05) is 44.2 Å². The van der Waals surface area contributed by atoms with E-state index in [0.717, 1.165) is 18.4 Å². The molecule has 1 heterocycles. The summed E-state index contributed by atoms with van der Waals surface area (Å²) in [6.45, 7) is 4.04. The molecule has 0 saturated heterocycles. The number of oxazole rings is 1. The zero-order valence-electron chi connectivity index (χ0n) is 14.2. The van der Waals surface area contributed by atoms with Crippen molar-refractivity contribution in [3.8, 4) is 11.5 Å². The molecule has 1 aromatic carbocycles. The first-order chi connectivity index (χ1) is 11.6. The number of nitrogens with one attached hydrogen (secondary N) is 1. The highest BCUT2D eigenvalue weighted by Gasteiger charge is 2.34. The third kappa shape index (κ3) is 3.51. The van der Waals surface area contributed by atoms with Crippen LogP contribution in [-0.4, -0.2) is 28.1 Å². The fraction of sp³-hybridized carbons (Fsp3) is 0.474. The van der Waals surface area contributed by atoms with E-state index in [0.29, 0.717) is 30.2 Å². The van der Waals surface area contributed by atoms with Crippen LogP contribution < -0.4 is 5.32 Å². The van der Waals surface area contributed by atoms with Gasteiger partial charge in [0, 0.05) is 18.0 Å². The van der Waals surface area contributed by atoms with Gasteiger partial charge in [-0.2, -0.15) is 0 Å². The number of amides is 1. The van der Waals surface area contributed by atoms with E-state index in [2.05, 4.69) is 10.3 Å². The second kappa shape index (κ2) is 6.77. The Hall–Kier alpha value is -2.14. The Morgan fingerprint density at radius 3 is 2.54 bits per heavy atom. The van der Waals surface area contributed by atoms with Crippen molar-refractivity contribution in [2.24, 2.45) is 0 Å². The maximum Gasteiger partial charge on any atom is 0.273 e. The van der Waals surface area contributed by atoms with Gasteiger partial charge >= 0.3 is 0 Å². The van der Waals surface area contributed by atoms with E-state index in [-0.39, 0.29) is 18.4 Å². The maximum absolute atomic E-state index is 12.6. The van der Waals surface area contributed by atoms with Crippen molar-refractivity contribution in [2.75, 3.05) is 6.54 Å². The summed E-state index contributed by atoms with van der Waals surface area (Å²) in [5.41, 5.74) is 0.337. The number of hydrogen-bond donors (Lipinski definition) is 2. The lowest BCUT2D eigenvalue weighted by Gasteiger charge is -2.25. The van der Waals surface area contributed by atoms with E-state index in [9.17, 15) is 9.90 Å². The molecule has 1 aliphatic carbocycles. The second-order valence-electron chi connectivity index (χ2n) is 6.49. The predicted octanol–water partition coefficient (Wildman–Crippen LogP) is 3.50. The van der Waals surface area contributed by atoms with Gasteiger partial charge < -0.3 is 14.8 Å². The van der Waals surface area contributed by atoms with Crippen LogP contribution in [0.2, 0.25) is 0 Å². The van der Waals surface area contributed by atoms with Crippen molar-refractivity contribution in [1.82, 2.24) is 10.3 Å². The van der Waals surface area contributed by atoms with E-state index < -0.39 is 5.60 Å². The molecule has 1 aromatic heterocycles. The fourth-order valence-electron chi connectivity index (χ4n) is 2.65. The first-order valence-corrected chi connectivity index (χ1v) is 8.63. The molecule has 0 radical (unpaired) electrons. The van der Waals surface area contributed by atoms with Gasteiger partial charge in [-0.1, -0.05) is 32.0 Å². The molecule has 24 heavy (non-hydrogen) atoms. The molecule has 0 atom stereocenters. The molecule has 0 unspecified atom stereocenters. The zero-order valence-corrected chi connectivity index (χ0v) is 14.2. The molecule has 1 saturated carbocycles. The van der Waals surface area contributed by atoms with Crippen LogP contribution in [0, 0.1) is 0 Å². The lowest BCUT2D eigenvalue weighted by molar-refractivity contribution is 0.0313. The van der Waals surface area contributed by atoms with Crippen LogP contribution in [0.3, 0.4) is 0 Å². The lowest BCUT2D eigenvalue weighted by Crippen LogP contribution is -2.42. The van der Waals surface area contributed by atoms with Crippen LogP contribution in [0.25, 0.3) is 11.5 Å². The van der Waals surface area contributed by atoms with Gasteiger partial charge in [-0.05, 0) is 37.8 Å². The van der Waals surface area contributed by atoms with Crippen molar-refractivity contribution in [3.05, 3.63) is 41.8 Å². The monoisotopic (exact) mass is 328 g/mol. The molecule has 2 aromatic rings. The number of aromatic nitrogens is 1. The highest BCUT2D eigenvalue weighted by Crippen LogP contribution is 2.43. The topological polar surface area (TPSA) is 75.4 Å². The highest BCUT2D eigenvalue weighted by molar-refractivity contribution is 5.94. The lowest BCUT2D eigenvalue weighted by atomic mass is 9.97. The van der Waals surface area contributed by atoms with Gasteiger partial charge in [0.25, 0.3) is 5.91 Å². The molecule has 1 aliphatic rings. The molecule has 5 nitrogen and oxygen atoms in total. The Kier molecular flexibility index (Phi) is 4.71. The summed E-state index contributed by atoms with van der Waals surface area (Å²) in [4.78, 5) is 17.0. The average Bonchev–Trinajstić information content (AvgIpc) is 3.38. The average molecular weight is 328 g/mol. The van der Waals surface area contributed by atoms with E-state index in [1.165, 1.54) is 0 Å². The van der Waals surface area contributed by atoms with Gasteiger partial charge in [-0.3, -0.25) is 4.79 Å². The van der Waals surface area contributed by atoms with Gasteiger partial charge in [0.05, 0.1) is 5.60 Å². The molecule has 5 heteroatoms. The third-order valence-electron chi connectivity index (χ3n) is 4.73. The first kappa shape index (κ1) is 16.7. The molecular formula is C19H24N2O3. The van der Waals surface area contributed by atoms with E-state index >= 15 is 0 Å². The molecule has 0 bridgehead atoms. The largest absolute Gasteiger partial charge is 0.440 e. The van der Waals surface area contributed by atoms with Crippen molar-refractivity contribution >= 4 is 5.91 Å². The summed E-state index contributed by atoms with van der Waals surface area (Å²) in [7, 11) is 0. The van der Waals surface area contributed by atoms with Gasteiger partial charge in [0.2, 0.25) is 5.89 Å². The summed E-state index contributed by atoms with van der Waals surface area (Å²) in [6.07, 6.45) is 3.23. The van der Waals surface area contributed by atoms with Gasteiger partial charge in [-0.15, -0.1) is 0 Å². The Balaban J connectivity index is 1.81. The predicted molar refractivity (Wildman–Crippen MR) is 91.8 cm³/mol. The number of hydrogen-bond acceptors (Lipinski definition) is 4. The Morgan fingerprint density at radius 1 is 1.29 bits per heavy atom. The van der Waals surface area contributed by atoms with Crippen molar-refractivity contribution < 1.29 is 14.3 Å². The van der Waals surface area contributed by atoms with E-state index in [1.54, 1.807) is 0 Å². The minimum absolute atomic E-state index is 0.219. The van der Waals surface area contributed by atoms with Gasteiger partial charge in [0.15, 0.2) is 5.69 Å². The number of rotatable bonds is 7. The normalized spacial score (nSPS) is 14.6. The van der Waals surface area contributed by atoms with E-state index in [4.69, 9.17) is 4.42 Å². The maximum atomic E-state index is 12.6. The van der Waals surface area contributed by atoms with Crippen LogP contribution in [0.4, 0.5) is 0 Å². The quantitative estimate of drug-likeness (QED) is 0.815. The molecule has 0 aliphatic heterocycles. The standard InChI is InChI=1S/C19H24N2O3/c1-3-19(23,4-2)12-20-17(22)15-16(13-10-11-13)24-18(21-15)14-8-6-5-7-9-14/h5-9,13,23H,3-4,10-12H2,1-2H3,(H,20,22). The Bertz CT molecular complexity index is 701. The second-order valence-corrected chi connectivity index (χ2v) is 6.49. The van der Waals surface area contributed by atoms with Crippen LogP contribution in [0.15, 0.2) is 34.7 Å². The van der Waals surface area contributed by atoms with Crippen LogP contribution >= 0.6 is 0 Å². The zero-order chi connectivity index (χ0) is 17.2. The summed E-state index contributed by atoms with van der Waals surface area (Å²) < 4.78 is 5.90. The number of nitrogens with zero attached hydrogens (tertiary/aromatic N) is 1. The summed E-state index contributed by atoms with van der Waals surface area (Å²) in [5.74, 6) is 1.15. The fourth-order valence-corrected chi connectivity index (χ4v) is 2.65. The number of aliphatic hydroxyl groups is 1. The summed E-state index contributed by atoms with van der Waals surface area (Å²) in [6, 6.07) is 9.59. The van der Waals surface area contributed by atoms with Crippen molar-refractivity contribution in [1.29, 1.82) is 0 Å². The third-order valence-corrected chi connectivity index (χ3v) is 4.73. The van der Waals surface area contributed by atoms with Gasteiger partial charge in [-0.25, -0.2) is 4.98 Å². The first-order valence-electron chi connectivity index (χ1n) is 8.63. The minimum Gasteiger partial charge on any atom is -0.440 e. The van der Waals surface area contributed by atoms with Gasteiger partial charge in [0.1, 0.15) is 5.76 Å². The Labute approximate surface area is 142 Å². The van der Waals surface area contributed by atoms with Crippen LogP contribution in [0.1, 0.15) is 61.7 Å². The molecule has 1 fully saturated rings. The molecule has 2 N–H and O–H groups in total.